The quantitative estimate of drug-likeness (QED) is 0.395. The van der Waals surface area contributed by atoms with Gasteiger partial charge in [0.15, 0.2) is 0 Å². The van der Waals surface area contributed by atoms with Gasteiger partial charge >= 0.3 is 5.97 Å². The van der Waals surface area contributed by atoms with Gasteiger partial charge in [-0.3, -0.25) is 4.79 Å². The zero-order valence-electron chi connectivity index (χ0n) is 4.59. The molecule has 0 radical (unpaired) electrons. The number of aliphatic hydroxyl groups is 1. The van der Waals surface area contributed by atoms with Crippen molar-refractivity contribution in [3.05, 3.63) is 0 Å². The fourth-order valence-electron chi connectivity index (χ4n) is 0.0676. The Morgan fingerprint density at radius 1 is 2.14 bits per heavy atom. The molecule has 0 aromatic carbocycles. The predicted molar refractivity (Wildman–Crippen MR) is 22.7 cm³/mol. The summed E-state index contributed by atoms with van der Waals surface area (Å²) in [6.07, 6.45) is 0. The molecule has 0 aromatic rings. The van der Waals surface area contributed by atoms with E-state index in [0.717, 1.165) is 0 Å². The third-order valence-corrected chi connectivity index (χ3v) is 0.445. The zero-order chi connectivity index (χ0) is 6.78. The number of rotatable bonds is 2. The lowest BCUT2D eigenvalue weighted by Gasteiger charge is -1.96. The van der Waals surface area contributed by atoms with E-state index in [-0.39, 0.29) is 0 Å². The number of carbonyl (C=O) groups is 1. The van der Waals surface area contributed by atoms with Gasteiger partial charge in [0.05, 0.1) is 7.98 Å². The van der Waals surface area contributed by atoms with Crippen molar-refractivity contribution in [2.75, 3.05) is 6.61 Å². The van der Waals surface area contributed by atoms with Crippen LogP contribution in [0, 0.1) is 0 Å². The molecular formula is C3H7NO3. The minimum atomic E-state index is -2.24. The van der Waals surface area contributed by atoms with Crippen LogP contribution in [0.1, 0.15) is 1.37 Å². The molecule has 4 heteroatoms. The van der Waals surface area contributed by atoms with Gasteiger partial charge in [0.25, 0.3) is 0 Å². The van der Waals surface area contributed by atoms with Crippen LogP contribution in [-0.4, -0.2) is 28.8 Å². The molecule has 0 spiro atoms. The highest BCUT2D eigenvalue weighted by molar-refractivity contribution is 5.73. The Balaban J connectivity index is 3.91. The summed E-state index contributed by atoms with van der Waals surface area (Å²) in [6.45, 7) is -0.873. The Kier molecular flexibility index (Phi) is 1.65. The largest absolute Gasteiger partial charge is 0.480 e. The van der Waals surface area contributed by atoms with Crippen molar-refractivity contribution in [2.24, 2.45) is 5.73 Å². The molecule has 1 unspecified atom stereocenters. The lowest BCUT2D eigenvalue weighted by atomic mass is 10.3. The van der Waals surface area contributed by atoms with Crippen LogP contribution in [0.4, 0.5) is 0 Å². The number of hydrogen-bond donors (Lipinski definition) is 3. The van der Waals surface area contributed by atoms with Crippen molar-refractivity contribution in [3.63, 3.8) is 0 Å². The lowest BCUT2D eigenvalue weighted by molar-refractivity contribution is -0.139. The van der Waals surface area contributed by atoms with Gasteiger partial charge < -0.3 is 15.9 Å². The highest BCUT2D eigenvalue weighted by Crippen LogP contribution is 1.71. The SMILES string of the molecule is [2H]C(N)(CO)C(=O)O. The molecule has 4 nitrogen and oxygen atoms in total. The number of carboxylic acids is 1. The first-order valence-electron chi connectivity index (χ1n) is 2.14. The van der Waals surface area contributed by atoms with E-state index in [1.54, 1.807) is 0 Å². The Morgan fingerprint density at radius 2 is 2.57 bits per heavy atom. The second-order valence-corrected chi connectivity index (χ2v) is 0.989. The molecule has 0 amide bonds. The average molecular weight is 106 g/mol. The van der Waals surface area contributed by atoms with Crippen molar-refractivity contribution in [2.45, 2.75) is 6.02 Å². The van der Waals surface area contributed by atoms with Crippen molar-refractivity contribution < 1.29 is 16.4 Å². The molecule has 0 saturated carbocycles. The summed E-state index contributed by atoms with van der Waals surface area (Å²) < 4.78 is 6.56. The standard InChI is InChI=1S/C3H7NO3/c4-2(1-5)3(6)7/h2,5H,1,4H2,(H,6,7)/i2D. The number of nitrogens with two attached hydrogens (primary N) is 1. The van der Waals surface area contributed by atoms with E-state index in [2.05, 4.69) is 5.73 Å². The fourth-order valence-corrected chi connectivity index (χ4v) is 0.0676. The molecule has 0 aromatic heterocycles. The lowest BCUT2D eigenvalue weighted by Crippen LogP contribution is -2.33. The van der Waals surface area contributed by atoms with Crippen molar-refractivity contribution in [3.8, 4) is 0 Å². The fraction of sp³-hybridized carbons (Fsp3) is 0.667. The molecule has 1 atom stereocenters. The summed E-state index contributed by atoms with van der Waals surface area (Å²) in [4.78, 5) is 9.78. The third-order valence-electron chi connectivity index (χ3n) is 0.445. The molecule has 0 rings (SSSR count). The van der Waals surface area contributed by atoms with Crippen LogP contribution in [0.15, 0.2) is 0 Å². The van der Waals surface area contributed by atoms with Crippen LogP contribution in [0.5, 0.6) is 0 Å². The van der Waals surface area contributed by atoms with E-state index in [1.807, 2.05) is 0 Å². The number of aliphatic hydroxyl groups excluding tert-OH is 1. The maximum Gasteiger partial charge on any atom is 0.322 e. The average Bonchev–Trinajstić information content (AvgIpc) is 1.67. The highest BCUT2D eigenvalue weighted by atomic mass is 16.4. The van der Waals surface area contributed by atoms with E-state index in [1.165, 1.54) is 0 Å². The molecule has 0 saturated heterocycles. The minimum absolute atomic E-state index is 0.873. The van der Waals surface area contributed by atoms with Crippen LogP contribution in [0.3, 0.4) is 0 Å². The Morgan fingerprint density at radius 3 is 2.57 bits per heavy atom. The monoisotopic (exact) mass is 106 g/mol. The van der Waals surface area contributed by atoms with Gasteiger partial charge in [-0.2, -0.15) is 0 Å². The topological polar surface area (TPSA) is 83.5 Å². The molecule has 7 heavy (non-hydrogen) atoms. The second kappa shape index (κ2) is 2.54. The number of aliphatic carboxylic acids is 1. The van der Waals surface area contributed by atoms with Crippen LogP contribution < -0.4 is 5.73 Å². The van der Waals surface area contributed by atoms with E-state index in [4.69, 9.17) is 11.6 Å². The van der Waals surface area contributed by atoms with Gasteiger partial charge in [-0.05, 0) is 0 Å². The van der Waals surface area contributed by atoms with Gasteiger partial charge in [0.2, 0.25) is 0 Å². The second-order valence-electron chi connectivity index (χ2n) is 0.989. The normalized spacial score (nSPS) is 20.0. The Hall–Kier alpha value is -0.610. The molecule has 42 valence electrons. The van der Waals surface area contributed by atoms with E-state index >= 15 is 0 Å². The van der Waals surface area contributed by atoms with Gasteiger partial charge in [0, 0.05) is 0 Å². The Bertz CT molecular complexity index is 103. The summed E-state index contributed by atoms with van der Waals surface area (Å²) >= 11 is 0. The summed E-state index contributed by atoms with van der Waals surface area (Å²) in [5.41, 5.74) is 4.68. The summed E-state index contributed by atoms with van der Waals surface area (Å²) in [6, 6.07) is -2.24. The first-order chi connectivity index (χ1) is 3.50. The van der Waals surface area contributed by atoms with Gasteiger partial charge in [0.1, 0.15) is 6.02 Å². The predicted octanol–water partition coefficient (Wildman–Crippen LogP) is -1.61. The molecule has 4 N–H and O–H groups in total. The Labute approximate surface area is 42.0 Å². The van der Waals surface area contributed by atoms with Gasteiger partial charge in [-0.15, -0.1) is 0 Å². The number of hydrogen-bond acceptors (Lipinski definition) is 3. The van der Waals surface area contributed by atoms with E-state index in [0.29, 0.717) is 0 Å². The molecule has 0 aliphatic rings. The minimum Gasteiger partial charge on any atom is -0.480 e. The van der Waals surface area contributed by atoms with Crippen LogP contribution in [-0.2, 0) is 4.79 Å². The summed E-state index contributed by atoms with van der Waals surface area (Å²) in [5, 5.41) is 16.0. The molecule has 0 bridgehead atoms. The van der Waals surface area contributed by atoms with Crippen LogP contribution >= 0.6 is 0 Å². The summed E-state index contributed by atoms with van der Waals surface area (Å²) in [5.74, 6) is -1.53. The maximum atomic E-state index is 9.78. The first-order valence-corrected chi connectivity index (χ1v) is 1.64. The molecule has 0 fully saturated rings. The molecular weight excluding hydrogens is 98.0 g/mol. The van der Waals surface area contributed by atoms with Crippen LogP contribution in [0.25, 0.3) is 0 Å². The molecule has 0 aliphatic carbocycles. The molecule has 0 heterocycles. The van der Waals surface area contributed by atoms with Crippen molar-refractivity contribution in [1.29, 1.82) is 0 Å². The van der Waals surface area contributed by atoms with Crippen LogP contribution in [0.2, 0.25) is 0 Å². The first kappa shape index (κ1) is 4.55. The third kappa shape index (κ3) is 2.13. The summed E-state index contributed by atoms with van der Waals surface area (Å²) in [7, 11) is 0. The van der Waals surface area contributed by atoms with E-state index < -0.39 is 18.6 Å². The highest BCUT2D eigenvalue weighted by Gasteiger charge is 2.06. The van der Waals surface area contributed by atoms with Crippen molar-refractivity contribution in [1.82, 2.24) is 0 Å². The maximum absolute atomic E-state index is 9.78. The van der Waals surface area contributed by atoms with Crippen molar-refractivity contribution >= 4 is 5.97 Å². The van der Waals surface area contributed by atoms with Gasteiger partial charge in [-0.25, -0.2) is 0 Å². The van der Waals surface area contributed by atoms with E-state index in [9.17, 15) is 4.79 Å². The van der Waals surface area contributed by atoms with Gasteiger partial charge in [-0.1, -0.05) is 0 Å². The smallest absolute Gasteiger partial charge is 0.322 e. The molecule has 0 aliphatic heterocycles. The number of carboxylic acid groups (broad SMARTS) is 1. The zero-order valence-corrected chi connectivity index (χ0v) is 3.59.